The second-order valence-electron chi connectivity index (χ2n) is 10.4. The number of ether oxygens (including phenoxy) is 1. The lowest BCUT2D eigenvalue weighted by Crippen LogP contribution is -2.44. The SMILES string of the molecule is C=NN(CCN1CCCC1)/N=C(\N)N1CCC(CCCOc2ccc3c(c2)CCN(S(C)(=O)=O)C3)CC1. The maximum atomic E-state index is 11.8. The van der Waals surface area contributed by atoms with E-state index in [4.69, 9.17) is 10.5 Å². The number of guanidine groups is 1. The predicted molar refractivity (Wildman–Crippen MR) is 148 cm³/mol. The molecule has 0 spiro atoms. The summed E-state index contributed by atoms with van der Waals surface area (Å²) in [6.07, 6.45) is 8.89. The van der Waals surface area contributed by atoms with E-state index < -0.39 is 10.0 Å². The molecule has 2 N–H and O–H groups in total. The summed E-state index contributed by atoms with van der Waals surface area (Å²) in [5.74, 6) is 2.07. The Morgan fingerprint density at radius 3 is 2.62 bits per heavy atom. The van der Waals surface area contributed by atoms with Gasteiger partial charge in [0.25, 0.3) is 0 Å². The fourth-order valence-corrected chi connectivity index (χ4v) is 6.26. The first-order valence-electron chi connectivity index (χ1n) is 13.6. The summed E-state index contributed by atoms with van der Waals surface area (Å²) in [5, 5.41) is 10.2. The number of nitrogens with two attached hydrogens (primary N) is 1. The van der Waals surface area contributed by atoms with E-state index in [1.54, 1.807) is 5.12 Å². The van der Waals surface area contributed by atoms with Crippen LogP contribution in [0.3, 0.4) is 0 Å². The van der Waals surface area contributed by atoms with E-state index in [2.05, 4.69) is 32.8 Å². The van der Waals surface area contributed by atoms with Crippen molar-refractivity contribution >= 4 is 22.7 Å². The number of hydrogen-bond donors (Lipinski definition) is 1. The molecule has 3 heterocycles. The topological polar surface area (TPSA) is 107 Å². The minimum atomic E-state index is -3.15. The van der Waals surface area contributed by atoms with Crippen molar-refractivity contribution in [3.05, 3.63) is 29.3 Å². The average Bonchev–Trinajstić information content (AvgIpc) is 3.42. The van der Waals surface area contributed by atoms with Crippen molar-refractivity contribution in [3.63, 3.8) is 0 Å². The van der Waals surface area contributed by atoms with Gasteiger partial charge in [0.1, 0.15) is 5.75 Å². The van der Waals surface area contributed by atoms with Crippen LogP contribution < -0.4 is 10.5 Å². The lowest BCUT2D eigenvalue weighted by molar-refractivity contribution is 0.216. The van der Waals surface area contributed by atoms with Gasteiger partial charge in [0.15, 0.2) is 0 Å². The third-order valence-corrected chi connectivity index (χ3v) is 9.03. The van der Waals surface area contributed by atoms with E-state index in [1.165, 1.54) is 29.0 Å². The minimum absolute atomic E-state index is 0.448. The molecule has 3 aliphatic rings. The zero-order chi connectivity index (χ0) is 26.3. The van der Waals surface area contributed by atoms with Crippen LogP contribution in [-0.4, -0.2) is 99.0 Å². The summed E-state index contributed by atoms with van der Waals surface area (Å²) in [5.41, 5.74) is 8.55. The highest BCUT2D eigenvalue weighted by Gasteiger charge is 2.24. The van der Waals surface area contributed by atoms with Crippen LogP contribution in [0.2, 0.25) is 0 Å². The number of fused-ring (bicyclic) bond motifs is 1. The van der Waals surface area contributed by atoms with Gasteiger partial charge in [-0.05, 0) is 87.2 Å². The number of rotatable bonds is 11. The molecule has 3 aliphatic heterocycles. The maximum absolute atomic E-state index is 11.8. The predicted octanol–water partition coefficient (Wildman–Crippen LogP) is 2.12. The molecule has 2 saturated heterocycles. The quantitative estimate of drug-likeness (QED) is 0.201. The molecule has 0 unspecified atom stereocenters. The molecule has 0 aliphatic carbocycles. The van der Waals surface area contributed by atoms with Crippen molar-refractivity contribution in [1.82, 2.24) is 19.2 Å². The highest BCUT2D eigenvalue weighted by molar-refractivity contribution is 7.88. The Hall–Kier alpha value is -2.37. The number of hydrazone groups is 2. The molecule has 37 heavy (non-hydrogen) atoms. The first-order valence-corrected chi connectivity index (χ1v) is 15.4. The van der Waals surface area contributed by atoms with Gasteiger partial charge >= 0.3 is 0 Å². The van der Waals surface area contributed by atoms with Crippen molar-refractivity contribution in [2.75, 3.05) is 58.7 Å². The smallest absolute Gasteiger partial charge is 0.216 e. The highest BCUT2D eigenvalue weighted by atomic mass is 32.2. The summed E-state index contributed by atoms with van der Waals surface area (Å²) in [4.78, 5) is 4.58. The monoisotopic (exact) mass is 533 g/mol. The zero-order valence-electron chi connectivity index (χ0n) is 22.2. The van der Waals surface area contributed by atoms with Crippen LogP contribution in [0, 0.1) is 5.92 Å². The van der Waals surface area contributed by atoms with Crippen molar-refractivity contribution in [2.45, 2.75) is 51.5 Å². The van der Waals surface area contributed by atoms with Crippen LogP contribution >= 0.6 is 0 Å². The Bertz CT molecular complexity index is 1030. The molecule has 0 radical (unpaired) electrons. The van der Waals surface area contributed by atoms with Crippen LogP contribution in [0.15, 0.2) is 28.4 Å². The molecule has 1 aromatic rings. The molecule has 0 saturated carbocycles. The van der Waals surface area contributed by atoms with Gasteiger partial charge in [-0.25, -0.2) is 8.42 Å². The highest BCUT2D eigenvalue weighted by Crippen LogP contribution is 2.26. The van der Waals surface area contributed by atoms with E-state index in [0.29, 0.717) is 38.1 Å². The van der Waals surface area contributed by atoms with Gasteiger partial charge in [-0.2, -0.15) is 14.5 Å². The van der Waals surface area contributed by atoms with Crippen molar-refractivity contribution in [2.24, 2.45) is 21.9 Å². The van der Waals surface area contributed by atoms with Crippen LogP contribution in [0.1, 0.15) is 49.7 Å². The normalized spacial score (nSPS) is 20.1. The van der Waals surface area contributed by atoms with Crippen molar-refractivity contribution in [3.8, 4) is 5.75 Å². The largest absolute Gasteiger partial charge is 0.494 e. The fraction of sp³-hybridized carbons (Fsp3) is 0.692. The number of sulfonamides is 1. The van der Waals surface area contributed by atoms with E-state index in [1.807, 2.05) is 12.1 Å². The molecular formula is C26H43N7O3S. The van der Waals surface area contributed by atoms with Gasteiger partial charge in [-0.15, -0.1) is 5.10 Å². The van der Waals surface area contributed by atoms with Gasteiger partial charge < -0.3 is 20.3 Å². The van der Waals surface area contributed by atoms with E-state index in [-0.39, 0.29) is 0 Å². The van der Waals surface area contributed by atoms with Gasteiger partial charge in [-0.3, -0.25) is 0 Å². The number of hydrogen-bond acceptors (Lipinski definition) is 7. The van der Waals surface area contributed by atoms with E-state index >= 15 is 0 Å². The van der Waals surface area contributed by atoms with Crippen LogP contribution in [0.25, 0.3) is 0 Å². The summed E-state index contributed by atoms with van der Waals surface area (Å²) >= 11 is 0. The number of piperidine rings is 1. The molecule has 1 aromatic carbocycles. The van der Waals surface area contributed by atoms with Gasteiger partial charge in [0.05, 0.1) is 19.4 Å². The maximum Gasteiger partial charge on any atom is 0.216 e. The van der Waals surface area contributed by atoms with Gasteiger partial charge in [-0.1, -0.05) is 6.07 Å². The van der Waals surface area contributed by atoms with Crippen molar-refractivity contribution in [1.29, 1.82) is 0 Å². The fourth-order valence-electron chi connectivity index (χ4n) is 5.46. The second kappa shape index (κ2) is 12.9. The number of likely N-dealkylation sites (tertiary alicyclic amines) is 2. The Balaban J connectivity index is 1.14. The Morgan fingerprint density at radius 2 is 1.92 bits per heavy atom. The standard InChI is InChI=1S/C26H43N7O3S/c1-28-33(18-17-30-12-3-4-13-30)29-26(27)31-14-9-22(10-15-31)6-5-19-36-25-8-7-24-21-32(37(2,34)35)16-11-23(24)20-25/h7-8,20,22H,1,3-6,9-19,21H2,2H3,(H2,27,29). The van der Waals surface area contributed by atoms with E-state index in [0.717, 1.165) is 76.1 Å². The molecule has 10 nitrogen and oxygen atoms in total. The lowest BCUT2D eigenvalue weighted by atomic mass is 9.92. The van der Waals surface area contributed by atoms with Gasteiger partial charge in [0, 0.05) is 39.4 Å². The summed E-state index contributed by atoms with van der Waals surface area (Å²) < 4.78 is 31.2. The van der Waals surface area contributed by atoms with E-state index in [9.17, 15) is 8.42 Å². The first-order chi connectivity index (χ1) is 17.8. The third kappa shape index (κ3) is 8.05. The zero-order valence-corrected chi connectivity index (χ0v) is 23.0. The molecule has 0 bridgehead atoms. The van der Waals surface area contributed by atoms with Gasteiger partial charge in [0.2, 0.25) is 16.0 Å². The summed E-state index contributed by atoms with van der Waals surface area (Å²) in [6.45, 7) is 11.1. The van der Waals surface area contributed by atoms with Crippen LogP contribution in [0.5, 0.6) is 5.75 Å². The third-order valence-electron chi connectivity index (χ3n) is 7.78. The van der Waals surface area contributed by atoms with Crippen molar-refractivity contribution < 1.29 is 13.2 Å². The number of benzene rings is 1. The molecular weight excluding hydrogens is 490 g/mol. The first kappa shape index (κ1) is 27.7. The molecule has 0 aromatic heterocycles. The Labute approximate surface area is 222 Å². The molecule has 206 valence electrons. The minimum Gasteiger partial charge on any atom is -0.494 e. The molecule has 4 rings (SSSR count). The summed E-state index contributed by atoms with van der Waals surface area (Å²) in [7, 11) is -3.15. The van der Waals surface area contributed by atoms with Crippen LogP contribution in [-0.2, 0) is 23.0 Å². The van der Waals surface area contributed by atoms with Crippen LogP contribution in [0.4, 0.5) is 0 Å². The average molecular weight is 534 g/mol. The Kier molecular flexibility index (Phi) is 9.66. The molecule has 0 amide bonds. The lowest BCUT2D eigenvalue weighted by Gasteiger charge is -2.33. The molecule has 2 fully saturated rings. The summed E-state index contributed by atoms with van der Waals surface area (Å²) in [6, 6.07) is 6.03. The second-order valence-corrected chi connectivity index (χ2v) is 12.4. The Morgan fingerprint density at radius 1 is 1.16 bits per heavy atom. The molecule has 0 atom stereocenters. The number of nitrogens with zero attached hydrogens (tertiary/aromatic N) is 6. The molecule has 11 heteroatoms.